The van der Waals surface area contributed by atoms with E-state index in [1.165, 1.54) is 0 Å². The molecule has 0 amide bonds. The van der Waals surface area contributed by atoms with Crippen molar-refractivity contribution in [3.63, 3.8) is 0 Å². The quantitative estimate of drug-likeness (QED) is 0.741. The molecule has 0 saturated carbocycles. The van der Waals surface area contributed by atoms with Gasteiger partial charge in [-0.15, -0.1) is 0 Å². The van der Waals surface area contributed by atoms with Gasteiger partial charge in [-0.05, 0) is 36.9 Å². The molecular formula is C20H23ClN2O2. The summed E-state index contributed by atoms with van der Waals surface area (Å²) in [5.41, 5.74) is 1.67. The van der Waals surface area contributed by atoms with Crippen molar-refractivity contribution >= 4 is 17.4 Å². The smallest absolute Gasteiger partial charge is 0.180 e. The van der Waals surface area contributed by atoms with Crippen LogP contribution in [0.5, 0.6) is 5.75 Å². The number of hydrogen-bond acceptors (Lipinski definition) is 4. The molecule has 1 aliphatic rings. The molecule has 3 rings (SSSR count). The predicted molar refractivity (Wildman–Crippen MR) is 100 cm³/mol. The first-order valence-corrected chi connectivity index (χ1v) is 8.90. The fourth-order valence-corrected chi connectivity index (χ4v) is 2.98. The number of rotatable bonds is 6. The Labute approximate surface area is 154 Å². The van der Waals surface area contributed by atoms with Gasteiger partial charge in [-0.3, -0.25) is 9.69 Å². The first-order valence-electron chi connectivity index (χ1n) is 8.52. The summed E-state index contributed by atoms with van der Waals surface area (Å²) >= 11 is 5.90. The molecule has 0 radical (unpaired) electrons. The maximum Gasteiger partial charge on any atom is 0.180 e. The number of hydrogen-bond donors (Lipinski definition) is 0. The molecule has 1 saturated heterocycles. The lowest BCUT2D eigenvalue weighted by Crippen LogP contribution is -2.46. The molecule has 1 heterocycles. The van der Waals surface area contributed by atoms with Crippen molar-refractivity contribution in [2.75, 3.05) is 39.8 Å². The first-order chi connectivity index (χ1) is 12.1. The zero-order chi connectivity index (χ0) is 17.6. The van der Waals surface area contributed by atoms with Crippen molar-refractivity contribution in [1.29, 1.82) is 0 Å². The summed E-state index contributed by atoms with van der Waals surface area (Å²) < 4.78 is 5.90. The number of carbonyl (C=O) groups is 1. The summed E-state index contributed by atoms with van der Waals surface area (Å²) in [4.78, 5) is 17.2. The Morgan fingerprint density at radius 2 is 1.72 bits per heavy atom. The lowest BCUT2D eigenvalue weighted by atomic mass is 10.1. The van der Waals surface area contributed by atoms with Gasteiger partial charge < -0.3 is 9.64 Å². The van der Waals surface area contributed by atoms with E-state index < -0.39 is 0 Å². The van der Waals surface area contributed by atoms with Crippen molar-refractivity contribution < 1.29 is 9.53 Å². The van der Waals surface area contributed by atoms with E-state index in [0.717, 1.165) is 31.7 Å². The molecule has 0 spiro atoms. The van der Waals surface area contributed by atoms with E-state index in [0.29, 0.717) is 29.5 Å². The number of likely N-dealkylation sites (N-methyl/N-ethyl adjacent to an activating group) is 1. The molecule has 0 aliphatic carbocycles. The van der Waals surface area contributed by atoms with Crippen LogP contribution < -0.4 is 4.74 Å². The maximum absolute atomic E-state index is 12.7. The molecule has 0 aromatic heterocycles. The third kappa shape index (κ3) is 5.05. The van der Waals surface area contributed by atoms with Crippen molar-refractivity contribution in [3.8, 4) is 5.75 Å². The molecule has 0 bridgehead atoms. The van der Waals surface area contributed by atoms with Crippen LogP contribution in [0.3, 0.4) is 0 Å². The van der Waals surface area contributed by atoms with Crippen LogP contribution in [0, 0.1) is 0 Å². The van der Waals surface area contributed by atoms with E-state index in [1.807, 2.05) is 48.5 Å². The summed E-state index contributed by atoms with van der Waals surface area (Å²) in [6.07, 6.45) is 0. The second kappa shape index (κ2) is 8.48. The van der Waals surface area contributed by atoms with Crippen LogP contribution in [0.15, 0.2) is 48.5 Å². The second-order valence-corrected chi connectivity index (χ2v) is 6.85. The second-order valence-electron chi connectivity index (χ2n) is 6.41. The van der Waals surface area contributed by atoms with E-state index in [9.17, 15) is 4.79 Å². The molecule has 25 heavy (non-hydrogen) atoms. The summed E-state index contributed by atoms with van der Waals surface area (Å²) in [5, 5.41) is 0.700. The van der Waals surface area contributed by atoms with Gasteiger partial charge in [0, 0.05) is 31.2 Å². The molecule has 1 aliphatic heterocycles. The summed E-state index contributed by atoms with van der Waals surface area (Å²) in [5.74, 6) is 0.743. The number of ether oxygens (including phenoxy) is 1. The number of para-hydroxylation sites is 1. The number of nitrogens with zero attached hydrogens (tertiary/aromatic N) is 2. The van der Waals surface area contributed by atoms with Crippen molar-refractivity contribution in [3.05, 3.63) is 64.7 Å². The van der Waals surface area contributed by atoms with Crippen LogP contribution >= 0.6 is 11.6 Å². The van der Waals surface area contributed by atoms with Gasteiger partial charge in [0.15, 0.2) is 5.78 Å². The van der Waals surface area contributed by atoms with Gasteiger partial charge in [-0.1, -0.05) is 35.9 Å². The minimum atomic E-state index is 0.108. The van der Waals surface area contributed by atoms with Crippen LogP contribution in [0.25, 0.3) is 0 Å². The van der Waals surface area contributed by atoms with E-state index in [-0.39, 0.29) is 5.78 Å². The van der Waals surface area contributed by atoms with Gasteiger partial charge in [0.05, 0.1) is 12.1 Å². The van der Waals surface area contributed by atoms with E-state index in [1.54, 1.807) is 0 Å². The lowest BCUT2D eigenvalue weighted by Gasteiger charge is -2.31. The normalized spacial score (nSPS) is 15.9. The lowest BCUT2D eigenvalue weighted by molar-refractivity contribution is 0.0872. The number of ketones is 1. The Kier molecular flexibility index (Phi) is 6.08. The molecule has 4 nitrogen and oxygen atoms in total. The fourth-order valence-electron chi connectivity index (χ4n) is 2.86. The standard InChI is InChI=1S/C20H23ClN2O2/c1-22-10-12-23(13-11-22)14-19(24)18-4-2-3-5-20(18)25-15-16-6-8-17(21)9-7-16/h2-9H,10-15H2,1H3. The average Bonchev–Trinajstić information content (AvgIpc) is 2.63. The fraction of sp³-hybridized carbons (Fsp3) is 0.350. The highest BCUT2D eigenvalue weighted by Gasteiger charge is 2.19. The van der Waals surface area contributed by atoms with E-state index in [2.05, 4.69) is 16.8 Å². The predicted octanol–water partition coefficient (Wildman–Crippen LogP) is 3.35. The average molecular weight is 359 g/mol. The molecule has 0 unspecified atom stereocenters. The van der Waals surface area contributed by atoms with Crippen LogP contribution in [0.4, 0.5) is 0 Å². The zero-order valence-electron chi connectivity index (χ0n) is 14.5. The highest BCUT2D eigenvalue weighted by molar-refractivity contribution is 6.30. The van der Waals surface area contributed by atoms with Crippen LogP contribution in [-0.2, 0) is 6.61 Å². The molecule has 0 N–H and O–H groups in total. The SMILES string of the molecule is CN1CCN(CC(=O)c2ccccc2OCc2ccc(Cl)cc2)CC1. The van der Waals surface area contributed by atoms with Crippen LogP contribution in [0.2, 0.25) is 5.02 Å². The van der Waals surface area contributed by atoms with Crippen molar-refractivity contribution in [2.45, 2.75) is 6.61 Å². The minimum absolute atomic E-state index is 0.108. The van der Waals surface area contributed by atoms with Gasteiger partial charge in [0.1, 0.15) is 12.4 Å². The minimum Gasteiger partial charge on any atom is -0.488 e. The van der Waals surface area contributed by atoms with E-state index in [4.69, 9.17) is 16.3 Å². The highest BCUT2D eigenvalue weighted by atomic mass is 35.5. The molecular weight excluding hydrogens is 336 g/mol. The van der Waals surface area contributed by atoms with Crippen LogP contribution in [0.1, 0.15) is 15.9 Å². The zero-order valence-corrected chi connectivity index (χ0v) is 15.2. The highest BCUT2D eigenvalue weighted by Crippen LogP contribution is 2.21. The number of piperazine rings is 1. The number of Topliss-reactive ketones (excluding diaryl/α,β-unsaturated/α-hetero) is 1. The number of halogens is 1. The molecule has 132 valence electrons. The number of benzene rings is 2. The molecule has 5 heteroatoms. The third-order valence-corrected chi connectivity index (χ3v) is 4.71. The topological polar surface area (TPSA) is 32.8 Å². The van der Waals surface area contributed by atoms with Gasteiger partial charge in [-0.2, -0.15) is 0 Å². The number of carbonyl (C=O) groups excluding carboxylic acids is 1. The Balaban J connectivity index is 1.63. The van der Waals surface area contributed by atoms with Gasteiger partial charge >= 0.3 is 0 Å². The molecule has 0 atom stereocenters. The summed E-state index contributed by atoms with van der Waals surface area (Å²) in [7, 11) is 2.11. The maximum atomic E-state index is 12.7. The monoisotopic (exact) mass is 358 g/mol. The summed E-state index contributed by atoms with van der Waals surface area (Å²) in [6.45, 7) is 4.71. The Morgan fingerprint density at radius 3 is 2.44 bits per heavy atom. The van der Waals surface area contributed by atoms with Crippen molar-refractivity contribution in [2.24, 2.45) is 0 Å². The Hall–Kier alpha value is -1.88. The molecule has 2 aromatic rings. The first kappa shape index (κ1) is 17.9. The van der Waals surface area contributed by atoms with Gasteiger partial charge in [-0.25, -0.2) is 0 Å². The summed E-state index contributed by atoms with van der Waals surface area (Å²) in [6, 6.07) is 15.0. The van der Waals surface area contributed by atoms with Crippen LogP contribution in [-0.4, -0.2) is 55.4 Å². The van der Waals surface area contributed by atoms with Crippen molar-refractivity contribution in [1.82, 2.24) is 9.80 Å². The third-order valence-electron chi connectivity index (χ3n) is 4.46. The molecule has 1 fully saturated rings. The Morgan fingerprint density at radius 1 is 1.04 bits per heavy atom. The van der Waals surface area contributed by atoms with Gasteiger partial charge in [0.25, 0.3) is 0 Å². The van der Waals surface area contributed by atoms with Gasteiger partial charge in [0.2, 0.25) is 0 Å². The van der Waals surface area contributed by atoms with E-state index >= 15 is 0 Å². The largest absolute Gasteiger partial charge is 0.488 e. The Bertz CT molecular complexity index is 710. The molecule has 2 aromatic carbocycles.